The van der Waals surface area contributed by atoms with Gasteiger partial charge in [-0.15, -0.1) is 0 Å². The number of ether oxygens (including phenoxy) is 1. The number of nitrogens with one attached hydrogen (secondary N) is 1. The predicted octanol–water partition coefficient (Wildman–Crippen LogP) is 3.87. The van der Waals surface area contributed by atoms with Crippen LogP contribution >= 0.6 is 0 Å². The lowest BCUT2D eigenvalue weighted by Crippen LogP contribution is -2.51. The average Bonchev–Trinajstić information content (AvgIpc) is 2.82. The zero-order chi connectivity index (χ0) is 22.7. The molecule has 1 heterocycles. The fourth-order valence-corrected chi connectivity index (χ4v) is 5.21. The Morgan fingerprint density at radius 1 is 1.06 bits per heavy atom. The van der Waals surface area contributed by atoms with Gasteiger partial charge in [0.2, 0.25) is 0 Å². The monoisotopic (exact) mass is 450 g/mol. The number of hydrogen-bond acceptors (Lipinski definition) is 4. The van der Waals surface area contributed by atoms with Gasteiger partial charge in [0.15, 0.2) is 6.10 Å². The van der Waals surface area contributed by atoms with E-state index in [9.17, 15) is 13.2 Å². The summed E-state index contributed by atoms with van der Waals surface area (Å²) in [6, 6.07) is 23.4. The van der Waals surface area contributed by atoms with E-state index in [0.29, 0.717) is 18.0 Å². The van der Waals surface area contributed by atoms with Crippen molar-refractivity contribution in [1.82, 2.24) is 5.32 Å². The number of rotatable bonds is 6. The number of fused-ring (bicyclic) bond motifs is 1. The molecule has 0 saturated heterocycles. The molecule has 0 unspecified atom stereocenters. The summed E-state index contributed by atoms with van der Waals surface area (Å²) in [7, 11) is -3.86. The number of sulfonamides is 1. The number of amides is 1. The van der Waals surface area contributed by atoms with E-state index in [1.165, 1.54) is 4.31 Å². The molecule has 1 N–H and O–H groups in total. The molecule has 0 spiro atoms. The van der Waals surface area contributed by atoms with Crippen LogP contribution in [0.25, 0.3) is 0 Å². The Morgan fingerprint density at radius 2 is 1.72 bits per heavy atom. The van der Waals surface area contributed by atoms with Crippen LogP contribution in [0.5, 0.6) is 5.75 Å². The van der Waals surface area contributed by atoms with E-state index in [1.54, 1.807) is 42.5 Å². The highest BCUT2D eigenvalue weighted by molar-refractivity contribution is 7.92. The van der Waals surface area contributed by atoms with Crippen LogP contribution in [0.1, 0.15) is 24.0 Å². The Kier molecular flexibility index (Phi) is 6.19. The predicted molar refractivity (Wildman–Crippen MR) is 124 cm³/mol. The summed E-state index contributed by atoms with van der Waals surface area (Å²) in [5.74, 6) is 0.155. The van der Waals surface area contributed by atoms with Gasteiger partial charge in [0.05, 0.1) is 17.1 Å². The van der Waals surface area contributed by atoms with Gasteiger partial charge in [-0.2, -0.15) is 0 Å². The standard InChI is InChI=1S/C25H26N2O4S/c1-18-13-14-22-23(15-18)31-24(17-27(22)32(29,30)21-11-7-4-8-12-21)25(28)26-16-19(2)20-9-5-3-6-10-20/h3-15,19,24H,16-17H2,1-2H3,(H,26,28)/t19-,24-/m1/s1. The average molecular weight is 451 g/mol. The molecule has 3 aromatic carbocycles. The molecule has 0 saturated carbocycles. The summed E-state index contributed by atoms with van der Waals surface area (Å²) in [5.41, 5.74) is 2.47. The van der Waals surface area contributed by atoms with Crippen molar-refractivity contribution in [2.24, 2.45) is 0 Å². The fourth-order valence-electron chi connectivity index (χ4n) is 3.71. The Balaban J connectivity index is 1.57. The van der Waals surface area contributed by atoms with Crippen molar-refractivity contribution in [2.75, 3.05) is 17.4 Å². The largest absolute Gasteiger partial charge is 0.476 e. The summed E-state index contributed by atoms with van der Waals surface area (Å²) in [4.78, 5) is 13.2. The van der Waals surface area contributed by atoms with Gasteiger partial charge in [-0.25, -0.2) is 8.42 Å². The van der Waals surface area contributed by atoms with Crippen molar-refractivity contribution in [3.8, 4) is 5.75 Å². The van der Waals surface area contributed by atoms with Gasteiger partial charge >= 0.3 is 0 Å². The van der Waals surface area contributed by atoms with E-state index in [-0.39, 0.29) is 23.3 Å². The highest BCUT2D eigenvalue weighted by atomic mass is 32.2. The molecule has 1 aliphatic rings. The topological polar surface area (TPSA) is 75.7 Å². The van der Waals surface area contributed by atoms with E-state index in [0.717, 1.165) is 11.1 Å². The van der Waals surface area contributed by atoms with E-state index >= 15 is 0 Å². The van der Waals surface area contributed by atoms with Gasteiger partial charge in [-0.3, -0.25) is 9.10 Å². The number of hydrogen-bond donors (Lipinski definition) is 1. The second kappa shape index (κ2) is 9.04. The minimum absolute atomic E-state index is 0.0984. The smallest absolute Gasteiger partial charge is 0.264 e. The maximum atomic E-state index is 13.4. The van der Waals surface area contributed by atoms with Gasteiger partial charge in [-0.05, 0) is 48.2 Å². The summed E-state index contributed by atoms with van der Waals surface area (Å²) < 4.78 is 34.0. The molecule has 6 nitrogen and oxygen atoms in total. The first-order valence-corrected chi connectivity index (χ1v) is 12.0. The van der Waals surface area contributed by atoms with Crippen LogP contribution in [0.2, 0.25) is 0 Å². The summed E-state index contributed by atoms with van der Waals surface area (Å²) in [6.07, 6.45) is -0.953. The van der Waals surface area contributed by atoms with Gasteiger partial charge in [0, 0.05) is 6.54 Å². The van der Waals surface area contributed by atoms with Crippen molar-refractivity contribution in [3.63, 3.8) is 0 Å². The quantitative estimate of drug-likeness (QED) is 0.619. The lowest BCUT2D eigenvalue weighted by Gasteiger charge is -2.35. The zero-order valence-corrected chi connectivity index (χ0v) is 18.9. The minimum Gasteiger partial charge on any atom is -0.476 e. The first-order chi connectivity index (χ1) is 15.4. The number of carbonyl (C=O) groups excluding carboxylic acids is 1. The summed E-state index contributed by atoms with van der Waals surface area (Å²) in [5, 5.41) is 2.92. The van der Waals surface area contributed by atoms with Crippen LogP contribution in [0.15, 0.2) is 83.8 Å². The molecule has 2 atom stereocenters. The summed E-state index contributed by atoms with van der Waals surface area (Å²) in [6.45, 7) is 4.25. The molecule has 32 heavy (non-hydrogen) atoms. The van der Waals surface area contributed by atoms with Crippen LogP contribution in [-0.2, 0) is 14.8 Å². The first kappa shape index (κ1) is 21.9. The molecule has 0 aliphatic carbocycles. The SMILES string of the molecule is Cc1ccc2c(c1)O[C@@H](C(=O)NC[C@@H](C)c1ccccc1)CN2S(=O)(=O)c1ccccc1. The zero-order valence-electron chi connectivity index (χ0n) is 18.1. The molecule has 4 rings (SSSR count). The highest BCUT2D eigenvalue weighted by Crippen LogP contribution is 2.37. The van der Waals surface area contributed by atoms with Gasteiger partial charge < -0.3 is 10.1 Å². The lowest BCUT2D eigenvalue weighted by molar-refractivity contribution is -0.127. The molecule has 3 aromatic rings. The van der Waals surface area contributed by atoms with Crippen molar-refractivity contribution in [2.45, 2.75) is 30.8 Å². The molecule has 0 fully saturated rings. The Bertz CT molecular complexity index is 1200. The molecule has 1 amide bonds. The van der Waals surface area contributed by atoms with Crippen molar-refractivity contribution in [1.29, 1.82) is 0 Å². The number of benzene rings is 3. The summed E-state index contributed by atoms with van der Waals surface area (Å²) >= 11 is 0. The third-order valence-electron chi connectivity index (χ3n) is 5.56. The van der Waals surface area contributed by atoms with E-state index < -0.39 is 16.1 Å². The molecule has 7 heteroatoms. The highest BCUT2D eigenvalue weighted by Gasteiger charge is 2.37. The molecule has 1 aliphatic heterocycles. The van der Waals surface area contributed by atoms with E-state index in [4.69, 9.17) is 4.74 Å². The van der Waals surface area contributed by atoms with Crippen molar-refractivity contribution >= 4 is 21.6 Å². The lowest BCUT2D eigenvalue weighted by atomic mass is 10.0. The molecule has 0 aromatic heterocycles. The molecular weight excluding hydrogens is 424 g/mol. The molecular formula is C25H26N2O4S. The minimum atomic E-state index is -3.86. The number of nitrogens with zero attached hydrogens (tertiary/aromatic N) is 1. The Labute approximate surface area is 188 Å². The van der Waals surface area contributed by atoms with Crippen LogP contribution in [-0.4, -0.2) is 33.5 Å². The maximum Gasteiger partial charge on any atom is 0.264 e. The first-order valence-electron chi connectivity index (χ1n) is 10.5. The number of carbonyl (C=O) groups is 1. The van der Waals surface area contributed by atoms with Gasteiger partial charge in [0.25, 0.3) is 15.9 Å². The van der Waals surface area contributed by atoms with Crippen LogP contribution < -0.4 is 14.4 Å². The number of aryl methyl sites for hydroxylation is 1. The van der Waals surface area contributed by atoms with Gasteiger partial charge in [0.1, 0.15) is 5.75 Å². The molecule has 0 radical (unpaired) electrons. The Hall–Kier alpha value is -3.32. The fraction of sp³-hybridized carbons (Fsp3) is 0.240. The third-order valence-corrected chi connectivity index (χ3v) is 7.35. The van der Waals surface area contributed by atoms with Crippen LogP contribution in [0.4, 0.5) is 5.69 Å². The number of anilines is 1. The molecule has 0 bridgehead atoms. The molecule has 166 valence electrons. The van der Waals surface area contributed by atoms with Crippen LogP contribution in [0, 0.1) is 6.92 Å². The van der Waals surface area contributed by atoms with Crippen LogP contribution in [0.3, 0.4) is 0 Å². The maximum absolute atomic E-state index is 13.4. The second-order valence-corrected chi connectivity index (χ2v) is 9.85. The van der Waals surface area contributed by atoms with E-state index in [2.05, 4.69) is 5.32 Å². The van der Waals surface area contributed by atoms with E-state index in [1.807, 2.05) is 50.2 Å². The Morgan fingerprint density at radius 3 is 2.41 bits per heavy atom. The normalized spacial score (nSPS) is 16.6. The van der Waals surface area contributed by atoms with Gasteiger partial charge in [-0.1, -0.05) is 61.5 Å². The second-order valence-electron chi connectivity index (χ2n) is 7.98. The van der Waals surface area contributed by atoms with Crippen molar-refractivity contribution < 1.29 is 17.9 Å². The third kappa shape index (κ3) is 4.48. The van der Waals surface area contributed by atoms with Crippen molar-refractivity contribution in [3.05, 3.63) is 90.0 Å².